The molecule has 0 saturated heterocycles. The van der Waals surface area contributed by atoms with E-state index < -0.39 is 0 Å². The van der Waals surface area contributed by atoms with E-state index in [1.807, 2.05) is 22.8 Å². The van der Waals surface area contributed by atoms with Gasteiger partial charge in [-0.25, -0.2) is 4.98 Å². The van der Waals surface area contributed by atoms with Crippen LogP contribution >= 0.6 is 45.2 Å². The zero-order valence-corrected chi connectivity index (χ0v) is 13.6. The second-order valence-electron chi connectivity index (χ2n) is 3.92. The molecule has 2 aromatic carbocycles. The summed E-state index contributed by atoms with van der Waals surface area (Å²) in [5.74, 6) is 0.522. The summed E-state index contributed by atoms with van der Waals surface area (Å²) in [6.45, 7) is 0. The zero-order valence-electron chi connectivity index (χ0n) is 9.27. The molecule has 3 aromatic rings. The second-order valence-corrected chi connectivity index (χ2v) is 6.41. The lowest BCUT2D eigenvalue weighted by Crippen LogP contribution is -2.00. The molecule has 0 bridgehead atoms. The van der Waals surface area contributed by atoms with Crippen molar-refractivity contribution in [1.82, 2.24) is 9.55 Å². The summed E-state index contributed by atoms with van der Waals surface area (Å²) in [6.07, 6.45) is 0. The van der Waals surface area contributed by atoms with E-state index in [1.165, 1.54) is 3.57 Å². The fraction of sp³-hybridized carbons (Fsp3) is 0. The third-order valence-corrected chi connectivity index (χ3v) is 4.05. The molecule has 0 saturated carbocycles. The van der Waals surface area contributed by atoms with Crippen molar-refractivity contribution in [2.75, 3.05) is 5.73 Å². The van der Waals surface area contributed by atoms with Gasteiger partial charge in [0.2, 0.25) is 5.95 Å². The Labute approximate surface area is 132 Å². The number of hydrogen-bond acceptors (Lipinski definition) is 2. The number of halogens is 2. The van der Waals surface area contributed by atoms with Crippen LogP contribution in [0.15, 0.2) is 42.5 Å². The number of imidazole rings is 1. The Hall–Kier alpha value is -0.830. The van der Waals surface area contributed by atoms with E-state index in [1.54, 1.807) is 0 Å². The normalized spacial score (nSPS) is 11.0. The Kier molecular flexibility index (Phi) is 3.18. The average Bonchev–Trinajstić information content (AvgIpc) is 2.64. The van der Waals surface area contributed by atoms with Crippen molar-refractivity contribution in [3.8, 4) is 5.69 Å². The minimum Gasteiger partial charge on any atom is -0.369 e. The summed E-state index contributed by atoms with van der Waals surface area (Å²) in [6, 6.07) is 14.4. The molecule has 1 aromatic heterocycles. The Balaban J connectivity index is 2.32. The summed E-state index contributed by atoms with van der Waals surface area (Å²) in [7, 11) is 0. The first kappa shape index (κ1) is 12.2. The van der Waals surface area contributed by atoms with Gasteiger partial charge in [-0.3, -0.25) is 4.57 Å². The lowest BCUT2D eigenvalue weighted by Gasteiger charge is -2.06. The molecule has 0 fully saturated rings. The van der Waals surface area contributed by atoms with Crippen molar-refractivity contribution in [3.05, 3.63) is 49.6 Å². The minimum atomic E-state index is 0.522. The van der Waals surface area contributed by atoms with Crippen molar-refractivity contribution in [2.45, 2.75) is 0 Å². The number of hydrogen-bond donors (Lipinski definition) is 1. The second kappa shape index (κ2) is 4.69. The molecule has 0 amide bonds. The zero-order chi connectivity index (χ0) is 12.7. The molecule has 5 heteroatoms. The van der Waals surface area contributed by atoms with Gasteiger partial charge in [0.25, 0.3) is 0 Å². The summed E-state index contributed by atoms with van der Waals surface area (Å²) in [4.78, 5) is 4.41. The van der Waals surface area contributed by atoms with E-state index in [9.17, 15) is 0 Å². The summed E-state index contributed by atoms with van der Waals surface area (Å²) in [5.41, 5.74) is 9.04. The van der Waals surface area contributed by atoms with Crippen LogP contribution in [-0.2, 0) is 0 Å². The van der Waals surface area contributed by atoms with E-state index in [0.717, 1.165) is 20.3 Å². The smallest absolute Gasteiger partial charge is 0.205 e. The van der Waals surface area contributed by atoms with E-state index in [2.05, 4.69) is 74.4 Å². The van der Waals surface area contributed by atoms with E-state index in [0.29, 0.717) is 5.95 Å². The van der Waals surface area contributed by atoms with E-state index in [4.69, 9.17) is 5.73 Å². The van der Waals surface area contributed by atoms with Crippen molar-refractivity contribution < 1.29 is 0 Å². The molecule has 0 radical (unpaired) electrons. The van der Waals surface area contributed by atoms with Gasteiger partial charge in [0.05, 0.1) is 16.7 Å². The standard InChI is InChI=1S/C13H9I2N3/c14-8-2-1-3-10(6-8)18-12-5-4-9(15)7-11(12)17-13(18)16/h1-7H,(H2,16,17). The van der Waals surface area contributed by atoms with Gasteiger partial charge in [0, 0.05) is 7.14 Å². The number of benzene rings is 2. The third-order valence-electron chi connectivity index (χ3n) is 2.71. The highest BCUT2D eigenvalue weighted by atomic mass is 127. The summed E-state index contributed by atoms with van der Waals surface area (Å²) >= 11 is 4.57. The van der Waals surface area contributed by atoms with Gasteiger partial charge >= 0.3 is 0 Å². The Morgan fingerprint density at radius 1 is 1.00 bits per heavy atom. The van der Waals surface area contributed by atoms with Crippen molar-refractivity contribution >= 4 is 62.2 Å². The molecule has 2 N–H and O–H groups in total. The maximum Gasteiger partial charge on any atom is 0.205 e. The van der Waals surface area contributed by atoms with Crippen molar-refractivity contribution in [3.63, 3.8) is 0 Å². The Morgan fingerprint density at radius 2 is 1.78 bits per heavy atom. The average molecular weight is 461 g/mol. The molecule has 0 aliphatic carbocycles. The lowest BCUT2D eigenvalue weighted by molar-refractivity contribution is 1.11. The first-order valence-electron chi connectivity index (χ1n) is 5.34. The quantitative estimate of drug-likeness (QED) is 0.561. The molecule has 1 heterocycles. The van der Waals surface area contributed by atoms with Crippen LogP contribution in [0, 0.1) is 7.14 Å². The molecule has 0 atom stereocenters. The molecule has 0 spiro atoms. The highest BCUT2D eigenvalue weighted by molar-refractivity contribution is 14.1. The van der Waals surface area contributed by atoms with Crippen molar-refractivity contribution in [2.24, 2.45) is 0 Å². The maximum atomic E-state index is 6.03. The predicted molar refractivity (Wildman–Crippen MR) is 90.9 cm³/mol. The number of anilines is 1. The highest BCUT2D eigenvalue weighted by Crippen LogP contribution is 2.25. The molecule has 0 unspecified atom stereocenters. The molecule has 3 rings (SSSR count). The molecular weight excluding hydrogens is 452 g/mol. The molecule has 0 aliphatic rings. The van der Waals surface area contributed by atoms with Crippen LogP contribution in [0.2, 0.25) is 0 Å². The monoisotopic (exact) mass is 461 g/mol. The fourth-order valence-corrected chi connectivity index (χ4v) is 2.96. The number of fused-ring (bicyclic) bond motifs is 1. The van der Waals surface area contributed by atoms with Crippen LogP contribution in [0.5, 0.6) is 0 Å². The largest absolute Gasteiger partial charge is 0.369 e. The van der Waals surface area contributed by atoms with Gasteiger partial charge < -0.3 is 5.73 Å². The fourth-order valence-electron chi connectivity index (χ4n) is 1.96. The minimum absolute atomic E-state index is 0.522. The predicted octanol–water partition coefficient (Wildman–Crippen LogP) is 3.82. The maximum absolute atomic E-state index is 6.03. The number of nitrogens with two attached hydrogens (primary N) is 1. The molecular formula is C13H9I2N3. The van der Waals surface area contributed by atoms with Gasteiger partial charge in [-0.1, -0.05) is 6.07 Å². The Morgan fingerprint density at radius 3 is 2.56 bits per heavy atom. The molecule has 0 aliphatic heterocycles. The Bertz CT molecular complexity index is 734. The highest BCUT2D eigenvalue weighted by Gasteiger charge is 2.10. The van der Waals surface area contributed by atoms with Crippen LogP contribution < -0.4 is 5.73 Å². The van der Waals surface area contributed by atoms with Gasteiger partial charge in [-0.15, -0.1) is 0 Å². The number of nitrogens with zero attached hydrogens (tertiary/aromatic N) is 2. The summed E-state index contributed by atoms with van der Waals surface area (Å²) in [5, 5.41) is 0. The number of nitrogen functional groups attached to an aromatic ring is 1. The topological polar surface area (TPSA) is 43.8 Å². The van der Waals surface area contributed by atoms with Gasteiger partial charge in [-0.2, -0.15) is 0 Å². The summed E-state index contributed by atoms with van der Waals surface area (Å²) < 4.78 is 4.32. The van der Waals surface area contributed by atoms with E-state index >= 15 is 0 Å². The van der Waals surface area contributed by atoms with Crippen LogP contribution in [-0.4, -0.2) is 9.55 Å². The molecule has 18 heavy (non-hydrogen) atoms. The lowest BCUT2D eigenvalue weighted by atomic mass is 10.3. The number of rotatable bonds is 1. The van der Waals surface area contributed by atoms with Gasteiger partial charge in [0.15, 0.2) is 0 Å². The number of aromatic nitrogens is 2. The third kappa shape index (κ3) is 2.09. The van der Waals surface area contributed by atoms with Crippen LogP contribution in [0.3, 0.4) is 0 Å². The van der Waals surface area contributed by atoms with Gasteiger partial charge in [0.1, 0.15) is 0 Å². The van der Waals surface area contributed by atoms with Crippen LogP contribution in [0.1, 0.15) is 0 Å². The van der Waals surface area contributed by atoms with Gasteiger partial charge in [-0.05, 0) is 81.6 Å². The van der Waals surface area contributed by atoms with E-state index in [-0.39, 0.29) is 0 Å². The van der Waals surface area contributed by atoms with Crippen LogP contribution in [0.4, 0.5) is 5.95 Å². The first-order chi connectivity index (χ1) is 8.65. The SMILES string of the molecule is Nc1nc2cc(I)ccc2n1-c1cccc(I)c1. The molecule has 3 nitrogen and oxygen atoms in total. The van der Waals surface area contributed by atoms with Crippen LogP contribution in [0.25, 0.3) is 16.7 Å². The first-order valence-corrected chi connectivity index (χ1v) is 7.50. The van der Waals surface area contributed by atoms with Crippen molar-refractivity contribution in [1.29, 1.82) is 0 Å². The molecule has 90 valence electrons.